The number of likely N-dealkylation sites (N-methyl/N-ethyl adjacent to an activating group) is 1. The largest absolute Gasteiger partial charge is 0.340 e. The summed E-state index contributed by atoms with van der Waals surface area (Å²) in [6.45, 7) is 3.89. The third kappa shape index (κ3) is 4.37. The monoisotopic (exact) mass is 427 g/mol. The lowest BCUT2D eigenvalue weighted by Gasteiger charge is -2.32. The summed E-state index contributed by atoms with van der Waals surface area (Å²) in [5.74, 6) is 0.171. The van der Waals surface area contributed by atoms with Gasteiger partial charge >= 0.3 is 0 Å². The molecule has 0 spiro atoms. The molecule has 0 atom stereocenters. The number of piperazine rings is 1. The lowest BCUT2D eigenvalue weighted by atomic mass is 10.0. The van der Waals surface area contributed by atoms with Gasteiger partial charge in [-0.1, -0.05) is 30.3 Å². The van der Waals surface area contributed by atoms with E-state index in [1.54, 1.807) is 12.1 Å². The highest BCUT2D eigenvalue weighted by atomic mass is 32.2. The van der Waals surface area contributed by atoms with Gasteiger partial charge in [-0.2, -0.15) is 0 Å². The molecule has 160 valence electrons. The van der Waals surface area contributed by atoms with Crippen molar-refractivity contribution in [2.24, 2.45) is 0 Å². The Bertz CT molecular complexity index is 997. The number of benzene rings is 2. The maximum atomic E-state index is 13.2. The van der Waals surface area contributed by atoms with Crippen molar-refractivity contribution in [3.05, 3.63) is 59.7 Å². The average Bonchev–Trinajstić information content (AvgIpc) is 2.78. The first-order valence-corrected chi connectivity index (χ1v) is 12.0. The van der Waals surface area contributed by atoms with Crippen LogP contribution in [0.2, 0.25) is 0 Å². The number of amides is 1. The van der Waals surface area contributed by atoms with Crippen LogP contribution >= 0.6 is 0 Å². The van der Waals surface area contributed by atoms with Crippen LogP contribution in [0.25, 0.3) is 0 Å². The molecule has 0 bridgehead atoms. The summed E-state index contributed by atoms with van der Waals surface area (Å²) in [6, 6.07) is 14.7. The van der Waals surface area contributed by atoms with E-state index in [4.69, 9.17) is 0 Å². The summed E-state index contributed by atoms with van der Waals surface area (Å²) < 4.78 is 28.0. The minimum atomic E-state index is -3.59. The van der Waals surface area contributed by atoms with Crippen molar-refractivity contribution < 1.29 is 13.2 Å². The lowest BCUT2D eigenvalue weighted by Crippen LogP contribution is -2.47. The third-order valence-corrected chi connectivity index (χ3v) is 7.89. The Balaban J connectivity index is 1.42. The number of nitrogens with zero attached hydrogens (tertiary/aromatic N) is 3. The van der Waals surface area contributed by atoms with Crippen LogP contribution in [-0.2, 0) is 27.7 Å². The van der Waals surface area contributed by atoms with Crippen LogP contribution in [0.1, 0.15) is 24.0 Å². The summed E-state index contributed by atoms with van der Waals surface area (Å²) in [6.07, 6.45) is 2.80. The number of carbonyl (C=O) groups is 1. The Kier molecular flexibility index (Phi) is 6.11. The highest BCUT2D eigenvalue weighted by Gasteiger charge is 2.28. The maximum Gasteiger partial charge on any atom is 0.264 e. The zero-order valence-electron chi connectivity index (χ0n) is 17.5. The van der Waals surface area contributed by atoms with Gasteiger partial charge in [0.15, 0.2) is 0 Å². The molecule has 1 saturated heterocycles. The molecule has 0 aromatic heterocycles. The van der Waals surface area contributed by atoms with Crippen LogP contribution in [0, 0.1) is 0 Å². The van der Waals surface area contributed by atoms with Crippen molar-refractivity contribution >= 4 is 21.6 Å². The van der Waals surface area contributed by atoms with E-state index < -0.39 is 10.0 Å². The number of hydrogen-bond acceptors (Lipinski definition) is 4. The topological polar surface area (TPSA) is 60.9 Å². The maximum absolute atomic E-state index is 13.2. The van der Waals surface area contributed by atoms with Crippen LogP contribution < -0.4 is 4.31 Å². The molecule has 7 heteroatoms. The number of aryl methyl sites for hydroxylation is 2. The fourth-order valence-electron chi connectivity index (χ4n) is 4.17. The quantitative estimate of drug-likeness (QED) is 0.736. The van der Waals surface area contributed by atoms with Crippen molar-refractivity contribution in [3.8, 4) is 0 Å². The van der Waals surface area contributed by atoms with E-state index >= 15 is 0 Å². The molecule has 0 unspecified atom stereocenters. The van der Waals surface area contributed by atoms with Crippen molar-refractivity contribution in [2.75, 3.05) is 44.1 Å². The molecule has 2 heterocycles. The number of fused-ring (bicyclic) bond motifs is 1. The molecule has 1 amide bonds. The van der Waals surface area contributed by atoms with E-state index in [1.165, 1.54) is 4.31 Å². The van der Waals surface area contributed by atoms with Gasteiger partial charge in [-0.3, -0.25) is 9.10 Å². The zero-order chi connectivity index (χ0) is 21.1. The molecule has 2 aromatic carbocycles. The van der Waals surface area contributed by atoms with E-state index in [0.717, 1.165) is 55.8 Å². The molecule has 1 fully saturated rings. The number of para-hydroxylation sites is 1. The highest BCUT2D eigenvalue weighted by Crippen LogP contribution is 2.31. The summed E-state index contributed by atoms with van der Waals surface area (Å²) >= 11 is 0. The van der Waals surface area contributed by atoms with E-state index in [9.17, 15) is 13.2 Å². The first-order valence-electron chi connectivity index (χ1n) is 10.6. The SMILES string of the molecule is CN1CCN(C(=O)CCc2ccc(S(=O)(=O)N3CCCc4ccccc43)cc2)CC1. The molecule has 4 rings (SSSR count). The Morgan fingerprint density at radius 1 is 0.933 bits per heavy atom. The fourth-order valence-corrected chi connectivity index (χ4v) is 5.71. The summed E-state index contributed by atoms with van der Waals surface area (Å²) in [5, 5.41) is 0. The van der Waals surface area contributed by atoms with Crippen LogP contribution in [0.15, 0.2) is 53.4 Å². The number of anilines is 1. The molecule has 0 radical (unpaired) electrons. The first-order chi connectivity index (χ1) is 14.4. The highest BCUT2D eigenvalue weighted by molar-refractivity contribution is 7.92. The van der Waals surface area contributed by atoms with Crippen LogP contribution in [0.4, 0.5) is 5.69 Å². The smallest absolute Gasteiger partial charge is 0.264 e. The van der Waals surface area contributed by atoms with Crippen molar-refractivity contribution in [2.45, 2.75) is 30.6 Å². The average molecular weight is 428 g/mol. The molecule has 2 aromatic rings. The minimum Gasteiger partial charge on any atom is -0.340 e. The summed E-state index contributed by atoms with van der Waals surface area (Å²) in [5.41, 5.74) is 2.84. The second-order valence-electron chi connectivity index (χ2n) is 8.14. The van der Waals surface area contributed by atoms with Gasteiger partial charge < -0.3 is 9.80 Å². The van der Waals surface area contributed by atoms with E-state index in [0.29, 0.717) is 24.3 Å². The van der Waals surface area contributed by atoms with Gasteiger partial charge in [-0.05, 0) is 55.6 Å². The molecule has 0 aliphatic carbocycles. The standard InChI is InChI=1S/C23H29N3O3S/c1-24-15-17-25(18-16-24)23(27)13-10-19-8-11-21(12-9-19)30(28,29)26-14-4-6-20-5-2-3-7-22(20)26/h2-3,5,7-9,11-12H,4,6,10,13-18H2,1H3. The van der Waals surface area contributed by atoms with Gasteiger partial charge in [0, 0.05) is 39.1 Å². The fraction of sp³-hybridized carbons (Fsp3) is 0.435. The Hall–Kier alpha value is -2.38. The minimum absolute atomic E-state index is 0.171. The summed E-state index contributed by atoms with van der Waals surface area (Å²) in [4.78, 5) is 16.9. The predicted molar refractivity (Wildman–Crippen MR) is 118 cm³/mol. The van der Waals surface area contributed by atoms with Crippen LogP contribution in [0.3, 0.4) is 0 Å². The van der Waals surface area contributed by atoms with Gasteiger partial charge in [0.1, 0.15) is 0 Å². The van der Waals surface area contributed by atoms with Crippen molar-refractivity contribution in [1.82, 2.24) is 9.80 Å². The van der Waals surface area contributed by atoms with Gasteiger partial charge in [-0.25, -0.2) is 8.42 Å². The van der Waals surface area contributed by atoms with E-state index in [2.05, 4.69) is 11.9 Å². The second-order valence-corrected chi connectivity index (χ2v) is 10.00. The normalized spacial score (nSPS) is 17.6. The van der Waals surface area contributed by atoms with Gasteiger partial charge in [-0.15, -0.1) is 0 Å². The Morgan fingerprint density at radius 2 is 1.63 bits per heavy atom. The van der Waals surface area contributed by atoms with Gasteiger partial charge in [0.05, 0.1) is 10.6 Å². The van der Waals surface area contributed by atoms with Gasteiger partial charge in [0.2, 0.25) is 5.91 Å². The van der Waals surface area contributed by atoms with E-state index in [1.807, 2.05) is 41.3 Å². The second kappa shape index (κ2) is 8.78. The van der Waals surface area contributed by atoms with E-state index in [-0.39, 0.29) is 5.91 Å². The summed E-state index contributed by atoms with van der Waals surface area (Å²) in [7, 11) is -1.52. The molecule has 0 saturated carbocycles. The Labute approximate surface area is 179 Å². The number of rotatable bonds is 5. The molecule has 0 N–H and O–H groups in total. The van der Waals surface area contributed by atoms with Crippen LogP contribution in [-0.4, -0.2) is 63.9 Å². The van der Waals surface area contributed by atoms with Crippen molar-refractivity contribution in [3.63, 3.8) is 0 Å². The molecule has 2 aliphatic heterocycles. The van der Waals surface area contributed by atoms with Crippen molar-refractivity contribution in [1.29, 1.82) is 0 Å². The molecule has 6 nitrogen and oxygen atoms in total. The number of sulfonamides is 1. The molecular weight excluding hydrogens is 398 g/mol. The van der Waals surface area contributed by atoms with Gasteiger partial charge in [0.25, 0.3) is 10.0 Å². The predicted octanol–water partition coefficient (Wildman–Crippen LogP) is 2.53. The first kappa shape index (κ1) is 20.9. The molecule has 30 heavy (non-hydrogen) atoms. The Morgan fingerprint density at radius 3 is 2.37 bits per heavy atom. The molecule has 2 aliphatic rings. The number of carbonyl (C=O) groups excluding carboxylic acids is 1. The lowest BCUT2D eigenvalue weighted by molar-refractivity contribution is -0.132. The molecular formula is C23H29N3O3S. The zero-order valence-corrected chi connectivity index (χ0v) is 18.3. The third-order valence-electron chi connectivity index (χ3n) is 6.06. The van der Waals surface area contributed by atoms with Crippen LogP contribution in [0.5, 0.6) is 0 Å². The number of hydrogen-bond donors (Lipinski definition) is 0.